The predicted molar refractivity (Wildman–Crippen MR) is 109 cm³/mol. The van der Waals surface area contributed by atoms with Crippen LogP contribution in [-0.2, 0) is 11.2 Å². The fourth-order valence-corrected chi connectivity index (χ4v) is 2.67. The van der Waals surface area contributed by atoms with Gasteiger partial charge in [0, 0.05) is 6.08 Å². The quantitative estimate of drug-likeness (QED) is 0.542. The van der Waals surface area contributed by atoms with Gasteiger partial charge >= 0.3 is 5.97 Å². The largest absolute Gasteiger partial charge is 0.478 e. The van der Waals surface area contributed by atoms with Crippen LogP contribution in [0.4, 0.5) is 0 Å². The Hall–Kier alpha value is -3.59. The van der Waals surface area contributed by atoms with E-state index in [0.29, 0.717) is 6.42 Å². The Balaban J connectivity index is 1.69. The maximum atomic E-state index is 10.7. The molecule has 27 heavy (non-hydrogen) atoms. The first kappa shape index (κ1) is 18.2. The molecule has 0 aliphatic carbocycles. The molecule has 1 N–H and O–H groups in total. The first-order chi connectivity index (χ1) is 13.2. The number of carbonyl (C=O) groups is 1. The molecular weight excluding hydrogens is 336 g/mol. The van der Waals surface area contributed by atoms with E-state index in [2.05, 4.69) is 6.08 Å². The molecule has 0 amide bonds. The second kappa shape index (κ2) is 9.20. The molecule has 0 saturated heterocycles. The maximum Gasteiger partial charge on any atom is 0.328 e. The average Bonchev–Trinajstić information content (AvgIpc) is 2.68. The summed E-state index contributed by atoms with van der Waals surface area (Å²) in [4.78, 5) is 10.7. The van der Waals surface area contributed by atoms with E-state index in [0.717, 1.165) is 34.3 Å². The monoisotopic (exact) mass is 356 g/mol. The Labute approximate surface area is 158 Å². The molecule has 0 aliphatic rings. The molecule has 0 saturated carbocycles. The highest BCUT2D eigenvalue weighted by molar-refractivity contribution is 5.85. The van der Waals surface area contributed by atoms with Crippen LogP contribution in [0.3, 0.4) is 0 Å². The zero-order valence-electron chi connectivity index (χ0n) is 14.8. The number of carboxylic acid groups (broad SMARTS) is 1. The molecule has 0 aliphatic heterocycles. The minimum atomic E-state index is -0.949. The molecule has 0 spiro atoms. The van der Waals surface area contributed by atoms with Crippen LogP contribution in [0.5, 0.6) is 11.5 Å². The Bertz CT molecular complexity index is 956. The van der Waals surface area contributed by atoms with Crippen LogP contribution in [0.2, 0.25) is 0 Å². The fourth-order valence-electron chi connectivity index (χ4n) is 2.67. The van der Waals surface area contributed by atoms with Gasteiger partial charge in [-0.05, 0) is 53.5 Å². The Morgan fingerprint density at radius 3 is 2.41 bits per heavy atom. The van der Waals surface area contributed by atoms with Crippen LogP contribution in [0, 0.1) is 0 Å². The van der Waals surface area contributed by atoms with E-state index >= 15 is 0 Å². The first-order valence-corrected chi connectivity index (χ1v) is 8.69. The number of hydrogen-bond acceptors (Lipinski definition) is 2. The van der Waals surface area contributed by atoms with E-state index in [9.17, 15) is 4.79 Å². The van der Waals surface area contributed by atoms with Gasteiger partial charge in [-0.15, -0.1) is 0 Å². The number of ether oxygens (including phenoxy) is 1. The second-order valence-corrected chi connectivity index (χ2v) is 5.96. The average molecular weight is 356 g/mol. The molecule has 3 heteroatoms. The van der Waals surface area contributed by atoms with Crippen molar-refractivity contribution in [1.29, 1.82) is 0 Å². The standard InChI is InChI=1S/C24H20O3/c25-24(26)17-16-21-11-5-4-10-20(21)12-6-8-19-9-7-15-23(18-19)27-22-13-2-1-3-14-22/h1-11,13-18H,12H2,(H,25,26). The SMILES string of the molecule is O=C(O)C=Cc1ccccc1CC=Cc1cccc(Oc2ccccc2)c1. The van der Waals surface area contributed by atoms with E-state index < -0.39 is 5.97 Å². The van der Waals surface area contributed by atoms with Crippen molar-refractivity contribution >= 4 is 18.1 Å². The zero-order valence-corrected chi connectivity index (χ0v) is 14.8. The van der Waals surface area contributed by atoms with E-state index in [1.165, 1.54) is 0 Å². The van der Waals surface area contributed by atoms with Crippen molar-refractivity contribution in [2.75, 3.05) is 0 Å². The van der Waals surface area contributed by atoms with Gasteiger partial charge in [-0.1, -0.05) is 66.7 Å². The third-order valence-corrected chi connectivity index (χ3v) is 3.95. The summed E-state index contributed by atoms with van der Waals surface area (Å²) in [5.41, 5.74) is 3.02. The predicted octanol–water partition coefficient (Wildman–Crippen LogP) is 5.83. The van der Waals surface area contributed by atoms with E-state index in [1.807, 2.05) is 84.9 Å². The molecular formula is C24H20O3. The minimum Gasteiger partial charge on any atom is -0.478 e. The van der Waals surface area contributed by atoms with Gasteiger partial charge in [-0.3, -0.25) is 0 Å². The number of benzene rings is 3. The molecule has 0 atom stereocenters. The summed E-state index contributed by atoms with van der Waals surface area (Å²) in [6.45, 7) is 0. The van der Waals surface area contributed by atoms with Gasteiger partial charge in [0.05, 0.1) is 0 Å². The van der Waals surface area contributed by atoms with Crippen LogP contribution in [-0.4, -0.2) is 11.1 Å². The summed E-state index contributed by atoms with van der Waals surface area (Å²) in [5.74, 6) is 0.640. The van der Waals surface area contributed by atoms with Crippen molar-refractivity contribution in [2.45, 2.75) is 6.42 Å². The molecule has 0 heterocycles. The number of hydrogen-bond donors (Lipinski definition) is 1. The molecule has 3 aromatic rings. The first-order valence-electron chi connectivity index (χ1n) is 8.69. The third-order valence-electron chi connectivity index (χ3n) is 3.95. The molecule has 0 unspecified atom stereocenters. The van der Waals surface area contributed by atoms with Crippen molar-refractivity contribution in [3.05, 3.63) is 108 Å². The third kappa shape index (κ3) is 5.72. The van der Waals surface area contributed by atoms with Crippen LogP contribution >= 0.6 is 0 Å². The summed E-state index contributed by atoms with van der Waals surface area (Å²) >= 11 is 0. The van der Waals surface area contributed by atoms with Crippen molar-refractivity contribution in [2.24, 2.45) is 0 Å². The maximum absolute atomic E-state index is 10.7. The topological polar surface area (TPSA) is 46.5 Å². The summed E-state index contributed by atoms with van der Waals surface area (Å²) in [5, 5.41) is 8.81. The fraction of sp³-hybridized carbons (Fsp3) is 0.0417. The number of aliphatic carboxylic acids is 1. The normalized spacial score (nSPS) is 11.1. The highest BCUT2D eigenvalue weighted by Crippen LogP contribution is 2.22. The van der Waals surface area contributed by atoms with Crippen molar-refractivity contribution in [3.8, 4) is 11.5 Å². The van der Waals surface area contributed by atoms with Gasteiger partial charge in [0.25, 0.3) is 0 Å². The van der Waals surface area contributed by atoms with Gasteiger partial charge in [0.2, 0.25) is 0 Å². The lowest BCUT2D eigenvalue weighted by molar-refractivity contribution is -0.131. The molecule has 3 nitrogen and oxygen atoms in total. The summed E-state index contributed by atoms with van der Waals surface area (Å²) in [6, 6.07) is 25.3. The van der Waals surface area contributed by atoms with Gasteiger partial charge < -0.3 is 9.84 Å². The van der Waals surface area contributed by atoms with Crippen LogP contribution in [0.15, 0.2) is 91.0 Å². The smallest absolute Gasteiger partial charge is 0.328 e. The Kier molecular flexibility index (Phi) is 6.21. The molecule has 3 rings (SSSR count). The summed E-state index contributed by atoms with van der Waals surface area (Å²) in [6.07, 6.45) is 7.60. The Morgan fingerprint density at radius 1 is 0.852 bits per heavy atom. The van der Waals surface area contributed by atoms with Crippen molar-refractivity contribution in [3.63, 3.8) is 0 Å². The van der Waals surface area contributed by atoms with Gasteiger partial charge in [0.1, 0.15) is 11.5 Å². The highest BCUT2D eigenvalue weighted by Gasteiger charge is 1.99. The number of rotatable bonds is 7. The molecule has 0 radical (unpaired) electrons. The van der Waals surface area contributed by atoms with E-state index in [1.54, 1.807) is 6.08 Å². The molecule has 0 fully saturated rings. The van der Waals surface area contributed by atoms with Crippen LogP contribution < -0.4 is 4.74 Å². The van der Waals surface area contributed by atoms with E-state index in [4.69, 9.17) is 9.84 Å². The van der Waals surface area contributed by atoms with Crippen molar-refractivity contribution < 1.29 is 14.6 Å². The Morgan fingerprint density at radius 2 is 1.59 bits per heavy atom. The lowest BCUT2D eigenvalue weighted by atomic mass is 10.0. The molecule has 0 aromatic heterocycles. The number of para-hydroxylation sites is 1. The lowest BCUT2D eigenvalue weighted by Gasteiger charge is -2.06. The van der Waals surface area contributed by atoms with Gasteiger partial charge in [0.15, 0.2) is 0 Å². The van der Waals surface area contributed by atoms with Crippen molar-refractivity contribution in [1.82, 2.24) is 0 Å². The highest BCUT2D eigenvalue weighted by atomic mass is 16.5. The number of allylic oxidation sites excluding steroid dienone is 1. The number of carboxylic acids is 1. The van der Waals surface area contributed by atoms with Gasteiger partial charge in [-0.25, -0.2) is 4.79 Å². The second-order valence-electron chi connectivity index (χ2n) is 5.96. The van der Waals surface area contributed by atoms with Crippen LogP contribution in [0.25, 0.3) is 12.2 Å². The lowest BCUT2D eigenvalue weighted by Crippen LogP contribution is -1.89. The molecule has 3 aromatic carbocycles. The minimum absolute atomic E-state index is 0.712. The molecule has 134 valence electrons. The zero-order chi connectivity index (χ0) is 18.9. The van der Waals surface area contributed by atoms with E-state index in [-0.39, 0.29) is 0 Å². The van der Waals surface area contributed by atoms with Gasteiger partial charge in [-0.2, -0.15) is 0 Å². The summed E-state index contributed by atoms with van der Waals surface area (Å²) in [7, 11) is 0. The van der Waals surface area contributed by atoms with Crippen LogP contribution in [0.1, 0.15) is 16.7 Å². The summed E-state index contributed by atoms with van der Waals surface area (Å²) < 4.78 is 5.86. The molecule has 0 bridgehead atoms.